The number of halogens is 3. The molecule has 0 bridgehead atoms. The van der Waals surface area contributed by atoms with Gasteiger partial charge in [0, 0.05) is 12.2 Å². The lowest BCUT2D eigenvalue weighted by Gasteiger charge is -2.29. The summed E-state index contributed by atoms with van der Waals surface area (Å²) in [7, 11) is 0. The van der Waals surface area contributed by atoms with Crippen molar-refractivity contribution in [2.75, 3.05) is 18.4 Å². The molecule has 1 aliphatic rings. The lowest BCUT2D eigenvalue weighted by atomic mass is 9.85. The van der Waals surface area contributed by atoms with Crippen molar-refractivity contribution in [3.63, 3.8) is 0 Å². The summed E-state index contributed by atoms with van der Waals surface area (Å²) >= 11 is 0. The van der Waals surface area contributed by atoms with Gasteiger partial charge >= 0.3 is 6.18 Å². The van der Waals surface area contributed by atoms with Crippen molar-refractivity contribution in [3.05, 3.63) is 23.4 Å². The van der Waals surface area contributed by atoms with Crippen LogP contribution in [0.25, 0.3) is 0 Å². The van der Waals surface area contributed by atoms with Crippen molar-refractivity contribution in [1.29, 1.82) is 0 Å². The highest BCUT2D eigenvalue weighted by atomic mass is 19.4. The summed E-state index contributed by atoms with van der Waals surface area (Å²) in [4.78, 5) is 16.1. The Labute approximate surface area is 114 Å². The number of nitrogens with one attached hydrogen (secondary N) is 2. The molecular formula is C13H16F3N3O. The van der Waals surface area contributed by atoms with Gasteiger partial charge in [-0.25, -0.2) is 4.98 Å². The number of hydrogen-bond acceptors (Lipinski definition) is 3. The molecule has 110 valence electrons. The molecule has 1 fully saturated rings. The molecule has 7 heteroatoms. The zero-order valence-electron chi connectivity index (χ0n) is 11.3. The third-order valence-electron chi connectivity index (χ3n) is 3.47. The number of pyridine rings is 1. The molecule has 1 unspecified atom stereocenters. The molecule has 1 amide bonds. The molecule has 2 N–H and O–H groups in total. The van der Waals surface area contributed by atoms with Crippen LogP contribution in [0.3, 0.4) is 0 Å². The standard InChI is InChI=1S/C13H16F3N3O/c1-8-5-9(2)18-10(6-8)19-11(20)12(13(14,15)16)3-4-17-7-12/h5-6,17H,3-4,7H2,1-2H3,(H,18,19,20). The van der Waals surface area contributed by atoms with Crippen LogP contribution in [0, 0.1) is 19.3 Å². The Hall–Kier alpha value is -1.63. The number of amides is 1. The Balaban J connectivity index is 2.26. The van der Waals surface area contributed by atoms with Gasteiger partial charge in [0.05, 0.1) is 0 Å². The summed E-state index contributed by atoms with van der Waals surface area (Å²) in [5.74, 6) is -0.893. The van der Waals surface area contributed by atoms with Gasteiger partial charge in [0.25, 0.3) is 0 Å². The summed E-state index contributed by atoms with van der Waals surface area (Å²) < 4.78 is 39.6. The smallest absolute Gasteiger partial charge is 0.315 e. The number of alkyl halides is 3. The van der Waals surface area contributed by atoms with Crippen LogP contribution in [0.1, 0.15) is 17.7 Å². The van der Waals surface area contributed by atoms with E-state index < -0.39 is 24.0 Å². The summed E-state index contributed by atoms with van der Waals surface area (Å²) in [6.45, 7) is 3.29. The molecule has 1 atom stereocenters. The number of anilines is 1. The van der Waals surface area contributed by atoms with Crippen LogP contribution in [-0.2, 0) is 4.79 Å². The Morgan fingerprint density at radius 2 is 2.10 bits per heavy atom. The van der Waals surface area contributed by atoms with E-state index >= 15 is 0 Å². The van der Waals surface area contributed by atoms with E-state index in [0.717, 1.165) is 5.56 Å². The van der Waals surface area contributed by atoms with Crippen molar-refractivity contribution in [3.8, 4) is 0 Å². The zero-order chi connectivity index (χ0) is 15.0. The number of aryl methyl sites for hydroxylation is 2. The maximum atomic E-state index is 13.2. The second-order valence-corrected chi connectivity index (χ2v) is 5.13. The number of carbonyl (C=O) groups excluding carboxylic acids is 1. The van der Waals surface area contributed by atoms with Crippen molar-refractivity contribution in [2.45, 2.75) is 26.4 Å². The van der Waals surface area contributed by atoms with Crippen molar-refractivity contribution in [2.24, 2.45) is 5.41 Å². The average Bonchev–Trinajstić information content (AvgIpc) is 2.76. The summed E-state index contributed by atoms with van der Waals surface area (Å²) in [5.41, 5.74) is -0.893. The predicted molar refractivity (Wildman–Crippen MR) is 68.3 cm³/mol. The van der Waals surface area contributed by atoms with Gasteiger partial charge in [-0.05, 0) is 44.5 Å². The molecule has 2 rings (SSSR count). The van der Waals surface area contributed by atoms with E-state index in [4.69, 9.17) is 0 Å². The van der Waals surface area contributed by atoms with Crippen LogP contribution in [-0.4, -0.2) is 30.2 Å². The fourth-order valence-corrected chi connectivity index (χ4v) is 2.40. The molecular weight excluding hydrogens is 271 g/mol. The number of nitrogens with zero attached hydrogens (tertiary/aromatic N) is 1. The number of hydrogen-bond donors (Lipinski definition) is 2. The van der Waals surface area contributed by atoms with Crippen LogP contribution in [0.15, 0.2) is 12.1 Å². The predicted octanol–water partition coefficient (Wildman–Crippen LogP) is 2.18. The average molecular weight is 287 g/mol. The Bertz CT molecular complexity index is 502. The van der Waals surface area contributed by atoms with Gasteiger partial charge in [0.15, 0.2) is 5.41 Å². The monoisotopic (exact) mass is 287 g/mol. The van der Waals surface area contributed by atoms with E-state index in [0.29, 0.717) is 5.69 Å². The molecule has 1 aliphatic heterocycles. The van der Waals surface area contributed by atoms with Gasteiger partial charge in [0.1, 0.15) is 5.82 Å². The molecule has 1 saturated heterocycles. The zero-order valence-corrected chi connectivity index (χ0v) is 11.3. The van der Waals surface area contributed by atoms with Crippen molar-refractivity contribution < 1.29 is 18.0 Å². The molecule has 2 heterocycles. The topological polar surface area (TPSA) is 54.0 Å². The number of rotatable bonds is 2. The van der Waals surface area contributed by atoms with Gasteiger partial charge in [-0.2, -0.15) is 13.2 Å². The summed E-state index contributed by atoms with van der Waals surface area (Å²) in [6.07, 6.45) is -4.84. The Morgan fingerprint density at radius 3 is 2.60 bits per heavy atom. The van der Waals surface area contributed by atoms with Crippen LogP contribution >= 0.6 is 0 Å². The molecule has 1 aromatic heterocycles. The van der Waals surface area contributed by atoms with E-state index in [-0.39, 0.29) is 18.8 Å². The first kappa shape index (κ1) is 14.8. The Kier molecular flexibility index (Phi) is 3.73. The van der Waals surface area contributed by atoms with E-state index in [1.165, 1.54) is 0 Å². The second-order valence-electron chi connectivity index (χ2n) is 5.13. The lowest BCUT2D eigenvalue weighted by Crippen LogP contribution is -2.49. The molecule has 0 spiro atoms. The van der Waals surface area contributed by atoms with Crippen molar-refractivity contribution in [1.82, 2.24) is 10.3 Å². The summed E-state index contributed by atoms with van der Waals surface area (Å²) in [5, 5.41) is 4.91. The lowest BCUT2D eigenvalue weighted by molar-refractivity contribution is -0.213. The highest BCUT2D eigenvalue weighted by Crippen LogP contribution is 2.43. The molecule has 0 aromatic carbocycles. The third kappa shape index (κ3) is 2.63. The van der Waals surface area contributed by atoms with Gasteiger partial charge in [-0.3, -0.25) is 4.79 Å². The van der Waals surface area contributed by atoms with Gasteiger partial charge in [-0.15, -0.1) is 0 Å². The summed E-state index contributed by atoms with van der Waals surface area (Å²) in [6, 6.07) is 3.34. The molecule has 0 aliphatic carbocycles. The van der Waals surface area contributed by atoms with Crippen LogP contribution in [0.4, 0.5) is 19.0 Å². The highest BCUT2D eigenvalue weighted by Gasteiger charge is 2.61. The van der Waals surface area contributed by atoms with Gasteiger partial charge in [-0.1, -0.05) is 0 Å². The normalized spacial score (nSPS) is 22.9. The number of aromatic nitrogens is 1. The third-order valence-corrected chi connectivity index (χ3v) is 3.47. The van der Waals surface area contributed by atoms with E-state index in [2.05, 4.69) is 15.6 Å². The highest BCUT2D eigenvalue weighted by molar-refractivity contribution is 5.95. The van der Waals surface area contributed by atoms with Gasteiger partial charge in [0.2, 0.25) is 5.91 Å². The molecule has 1 aromatic rings. The maximum Gasteiger partial charge on any atom is 0.404 e. The van der Waals surface area contributed by atoms with E-state index in [9.17, 15) is 18.0 Å². The van der Waals surface area contributed by atoms with E-state index in [1.54, 1.807) is 26.0 Å². The molecule has 0 radical (unpaired) electrons. The second kappa shape index (κ2) is 5.05. The number of carbonyl (C=O) groups is 1. The first-order valence-electron chi connectivity index (χ1n) is 6.29. The molecule has 4 nitrogen and oxygen atoms in total. The van der Waals surface area contributed by atoms with Crippen LogP contribution < -0.4 is 10.6 Å². The first-order valence-corrected chi connectivity index (χ1v) is 6.29. The minimum Gasteiger partial charge on any atom is -0.315 e. The van der Waals surface area contributed by atoms with E-state index in [1.807, 2.05) is 0 Å². The quantitative estimate of drug-likeness (QED) is 0.876. The fourth-order valence-electron chi connectivity index (χ4n) is 2.40. The maximum absolute atomic E-state index is 13.2. The van der Waals surface area contributed by atoms with Gasteiger partial charge < -0.3 is 10.6 Å². The fraction of sp³-hybridized carbons (Fsp3) is 0.538. The minimum absolute atomic E-state index is 0.156. The SMILES string of the molecule is Cc1cc(C)nc(NC(=O)C2(C(F)(F)F)CCNC2)c1. The molecule has 0 saturated carbocycles. The van der Waals surface area contributed by atoms with Crippen LogP contribution in [0.2, 0.25) is 0 Å². The Morgan fingerprint density at radius 1 is 1.40 bits per heavy atom. The van der Waals surface area contributed by atoms with Crippen molar-refractivity contribution >= 4 is 11.7 Å². The first-order chi connectivity index (χ1) is 9.24. The largest absolute Gasteiger partial charge is 0.404 e. The molecule has 20 heavy (non-hydrogen) atoms. The van der Waals surface area contributed by atoms with Crippen LogP contribution in [0.5, 0.6) is 0 Å². The minimum atomic E-state index is -4.58.